The molecule has 0 spiro atoms. The number of hydrogen-bond donors (Lipinski definition) is 2. The van der Waals surface area contributed by atoms with E-state index in [4.69, 9.17) is 28.3 Å². The van der Waals surface area contributed by atoms with Crippen LogP contribution in [0.1, 0.15) is 40.3 Å². The molecule has 180 valence electrons. The fourth-order valence-electron chi connectivity index (χ4n) is 3.22. The maximum absolute atomic E-state index is 13.0. The topological polar surface area (TPSA) is 79.3 Å². The van der Waals surface area contributed by atoms with Crippen molar-refractivity contribution in [3.8, 4) is 5.69 Å². The number of hydrogen-bond acceptors (Lipinski definition) is 3. The minimum absolute atomic E-state index is 0.170. The van der Waals surface area contributed by atoms with Crippen LogP contribution in [-0.4, -0.2) is 39.2 Å². The molecule has 3 rings (SSSR count). The van der Waals surface area contributed by atoms with Crippen molar-refractivity contribution < 1.29 is 9.59 Å². The van der Waals surface area contributed by atoms with Gasteiger partial charge in [0.15, 0.2) is 0 Å². The summed E-state index contributed by atoms with van der Waals surface area (Å²) < 4.78 is 1.70. The van der Waals surface area contributed by atoms with Crippen molar-refractivity contribution in [2.75, 3.05) is 17.2 Å². The Balaban J connectivity index is 1.81. The predicted molar refractivity (Wildman–Crippen MR) is 138 cm³/mol. The minimum atomic E-state index is -0.480. The number of benzene rings is 2. The average Bonchev–Trinajstić information content (AvgIpc) is 3.19. The van der Waals surface area contributed by atoms with Crippen LogP contribution in [0.25, 0.3) is 5.69 Å². The highest BCUT2D eigenvalue weighted by atomic mass is 35.5. The summed E-state index contributed by atoms with van der Waals surface area (Å²) in [5.74, 6) is 0.172. The molecule has 0 atom stereocenters. The van der Waals surface area contributed by atoms with Gasteiger partial charge in [0.05, 0.1) is 27.1 Å². The van der Waals surface area contributed by atoms with Crippen LogP contribution >= 0.6 is 23.2 Å². The lowest BCUT2D eigenvalue weighted by Crippen LogP contribution is -2.44. The number of nitrogens with zero attached hydrogens (tertiary/aromatic N) is 3. The minimum Gasteiger partial charge on any atom is -0.313 e. The summed E-state index contributed by atoms with van der Waals surface area (Å²) in [6.07, 6.45) is 0. The van der Waals surface area contributed by atoms with Gasteiger partial charge in [-0.1, -0.05) is 68.2 Å². The van der Waals surface area contributed by atoms with E-state index in [0.29, 0.717) is 21.6 Å². The molecule has 3 amide bonds. The molecule has 34 heavy (non-hydrogen) atoms. The molecular formula is C25H29Cl2N5O2. The zero-order valence-electron chi connectivity index (χ0n) is 19.9. The van der Waals surface area contributed by atoms with Gasteiger partial charge < -0.3 is 15.5 Å². The van der Waals surface area contributed by atoms with Crippen molar-refractivity contribution in [1.29, 1.82) is 0 Å². The number of rotatable bonds is 6. The molecule has 3 aromatic rings. The largest absolute Gasteiger partial charge is 0.322 e. The Morgan fingerprint density at radius 1 is 1.00 bits per heavy atom. The van der Waals surface area contributed by atoms with Gasteiger partial charge in [0.1, 0.15) is 12.4 Å². The lowest BCUT2D eigenvalue weighted by molar-refractivity contribution is -0.117. The maximum atomic E-state index is 13.0. The Morgan fingerprint density at radius 2 is 1.62 bits per heavy atom. The number of para-hydroxylation sites is 2. The Labute approximate surface area is 210 Å². The third-order valence-electron chi connectivity index (χ3n) is 5.14. The van der Waals surface area contributed by atoms with Crippen molar-refractivity contribution in [3.63, 3.8) is 0 Å². The van der Waals surface area contributed by atoms with Gasteiger partial charge in [-0.15, -0.1) is 0 Å². The van der Waals surface area contributed by atoms with Crippen LogP contribution in [0, 0.1) is 0 Å². The summed E-state index contributed by atoms with van der Waals surface area (Å²) in [5.41, 5.74) is 1.75. The predicted octanol–water partition coefficient (Wildman–Crippen LogP) is 6.36. The lowest BCUT2D eigenvalue weighted by atomic mass is 9.92. The van der Waals surface area contributed by atoms with Gasteiger partial charge in [-0.3, -0.25) is 4.79 Å². The molecule has 0 saturated heterocycles. The first-order valence-electron chi connectivity index (χ1n) is 10.9. The maximum Gasteiger partial charge on any atom is 0.322 e. The van der Waals surface area contributed by atoms with Gasteiger partial charge >= 0.3 is 6.03 Å². The van der Waals surface area contributed by atoms with E-state index in [2.05, 4.69) is 31.4 Å². The fraction of sp³-hybridized carbons (Fsp3) is 0.320. The van der Waals surface area contributed by atoms with Crippen molar-refractivity contribution in [2.24, 2.45) is 0 Å². The molecule has 0 saturated carbocycles. The smallest absolute Gasteiger partial charge is 0.313 e. The normalized spacial score (nSPS) is 11.4. The summed E-state index contributed by atoms with van der Waals surface area (Å²) in [6.45, 7) is 9.65. The summed E-state index contributed by atoms with van der Waals surface area (Å²) in [7, 11) is 0. The lowest BCUT2D eigenvalue weighted by Gasteiger charge is -2.26. The molecule has 9 heteroatoms. The highest BCUT2D eigenvalue weighted by Gasteiger charge is 2.25. The van der Waals surface area contributed by atoms with Crippen LogP contribution in [0.15, 0.2) is 54.6 Å². The van der Waals surface area contributed by atoms with E-state index in [1.807, 2.05) is 50.2 Å². The van der Waals surface area contributed by atoms with Crippen LogP contribution in [0.2, 0.25) is 10.0 Å². The molecule has 1 heterocycles. The van der Waals surface area contributed by atoms with E-state index in [9.17, 15) is 9.59 Å². The number of aromatic nitrogens is 2. The second-order valence-electron chi connectivity index (χ2n) is 9.21. The first-order valence-corrected chi connectivity index (χ1v) is 11.7. The summed E-state index contributed by atoms with van der Waals surface area (Å²) in [5, 5.41) is 11.0. The van der Waals surface area contributed by atoms with Gasteiger partial charge in [-0.05, 0) is 38.1 Å². The Hall–Kier alpha value is -3.03. The molecular weight excluding hydrogens is 473 g/mol. The van der Waals surface area contributed by atoms with E-state index in [1.165, 1.54) is 4.90 Å². The molecule has 0 unspecified atom stereocenters. The van der Waals surface area contributed by atoms with E-state index in [-0.39, 0.29) is 23.9 Å². The molecule has 2 N–H and O–H groups in total. The van der Waals surface area contributed by atoms with Crippen LogP contribution in [0.4, 0.5) is 16.3 Å². The van der Waals surface area contributed by atoms with Crippen LogP contribution in [0.5, 0.6) is 0 Å². The first-order chi connectivity index (χ1) is 16.0. The van der Waals surface area contributed by atoms with Gasteiger partial charge in [-0.2, -0.15) is 5.10 Å². The zero-order chi connectivity index (χ0) is 25.0. The molecule has 7 nitrogen and oxygen atoms in total. The third kappa shape index (κ3) is 6.10. The second-order valence-corrected chi connectivity index (χ2v) is 10.0. The number of carbonyl (C=O) groups is 2. The highest BCUT2D eigenvalue weighted by Crippen LogP contribution is 2.30. The van der Waals surface area contributed by atoms with Gasteiger partial charge in [0.2, 0.25) is 5.91 Å². The van der Waals surface area contributed by atoms with Gasteiger partial charge in [-0.25, -0.2) is 9.48 Å². The molecule has 0 bridgehead atoms. The summed E-state index contributed by atoms with van der Waals surface area (Å²) in [4.78, 5) is 27.4. The number of anilines is 2. The van der Waals surface area contributed by atoms with Gasteiger partial charge in [0.25, 0.3) is 0 Å². The number of urea groups is 1. The van der Waals surface area contributed by atoms with Gasteiger partial charge in [0, 0.05) is 17.5 Å². The van der Waals surface area contributed by atoms with Crippen LogP contribution < -0.4 is 10.6 Å². The molecule has 0 radical (unpaired) electrons. The van der Waals surface area contributed by atoms with Crippen molar-refractivity contribution in [3.05, 3.63) is 70.3 Å². The van der Waals surface area contributed by atoms with Crippen LogP contribution in [0.3, 0.4) is 0 Å². The quantitative estimate of drug-likeness (QED) is 0.412. The molecule has 1 aromatic heterocycles. The molecule has 0 aliphatic rings. The van der Waals surface area contributed by atoms with E-state index in [0.717, 1.165) is 11.4 Å². The van der Waals surface area contributed by atoms with Crippen molar-refractivity contribution in [1.82, 2.24) is 14.7 Å². The van der Waals surface area contributed by atoms with Crippen LogP contribution in [-0.2, 0) is 10.2 Å². The number of amides is 3. The number of nitrogens with one attached hydrogen (secondary N) is 2. The second kappa shape index (κ2) is 10.5. The standard InChI is InChI=1S/C25H29Cl2N5O2/c1-16(2)31(24(34)29-23-18(26)12-9-13-19(23)27)15-22(33)28-21-14-20(25(3,4)5)30-32(21)17-10-7-6-8-11-17/h6-14,16H,15H2,1-5H3,(H,28,33)(H,29,34). The first kappa shape index (κ1) is 25.6. The number of halogens is 2. The summed E-state index contributed by atoms with van der Waals surface area (Å²) >= 11 is 12.4. The van der Waals surface area contributed by atoms with E-state index in [1.54, 1.807) is 22.9 Å². The Kier molecular flexibility index (Phi) is 7.89. The average molecular weight is 502 g/mol. The number of carbonyl (C=O) groups excluding carboxylic acids is 2. The van der Waals surface area contributed by atoms with E-state index >= 15 is 0 Å². The zero-order valence-corrected chi connectivity index (χ0v) is 21.4. The highest BCUT2D eigenvalue weighted by molar-refractivity contribution is 6.39. The third-order valence-corrected chi connectivity index (χ3v) is 5.77. The SMILES string of the molecule is CC(C)N(CC(=O)Nc1cc(C(C)(C)C)nn1-c1ccccc1)C(=O)Nc1c(Cl)cccc1Cl. The molecule has 0 fully saturated rings. The molecule has 0 aliphatic carbocycles. The molecule has 2 aromatic carbocycles. The van der Waals surface area contributed by atoms with Crippen molar-refractivity contribution >= 4 is 46.6 Å². The van der Waals surface area contributed by atoms with Crippen molar-refractivity contribution in [2.45, 2.75) is 46.1 Å². The summed E-state index contributed by atoms with van der Waals surface area (Å²) in [6, 6.07) is 15.6. The Morgan fingerprint density at radius 3 is 2.18 bits per heavy atom. The fourth-order valence-corrected chi connectivity index (χ4v) is 3.72. The Bertz CT molecular complexity index is 1150. The monoisotopic (exact) mass is 501 g/mol. The van der Waals surface area contributed by atoms with E-state index < -0.39 is 6.03 Å². The molecule has 0 aliphatic heterocycles.